The number of piperazine rings is 1. The number of hydrogen-bond acceptors (Lipinski definition) is 2. The molecule has 19 heavy (non-hydrogen) atoms. The molecule has 0 aliphatic carbocycles. The molecule has 1 N–H and O–H groups in total. The number of rotatable bonds is 5. The first kappa shape index (κ1) is 14.3. The molecule has 0 spiro atoms. The van der Waals surface area contributed by atoms with Crippen LogP contribution in [0.15, 0.2) is 30.3 Å². The van der Waals surface area contributed by atoms with Crippen LogP contribution in [0.4, 0.5) is 0 Å². The van der Waals surface area contributed by atoms with Gasteiger partial charge in [-0.2, -0.15) is 0 Å². The predicted octanol–water partition coefficient (Wildman–Crippen LogP) is 3.12. The van der Waals surface area contributed by atoms with Crippen molar-refractivity contribution in [2.75, 3.05) is 32.7 Å². The van der Waals surface area contributed by atoms with Gasteiger partial charge in [0.1, 0.15) is 0 Å². The summed E-state index contributed by atoms with van der Waals surface area (Å²) < 4.78 is 0. The second-order valence-electron chi connectivity index (χ2n) is 5.43. The molecular formula is C17H26N2. The van der Waals surface area contributed by atoms with Crippen molar-refractivity contribution in [3.8, 4) is 0 Å². The second kappa shape index (κ2) is 7.46. The average molecular weight is 258 g/mol. The summed E-state index contributed by atoms with van der Waals surface area (Å²) in [6.45, 7) is 10.2. The Labute approximate surface area is 117 Å². The van der Waals surface area contributed by atoms with Gasteiger partial charge < -0.3 is 5.32 Å². The fourth-order valence-electron chi connectivity index (χ4n) is 2.40. The smallest absolute Gasteiger partial charge is 0.0167 e. The third kappa shape index (κ3) is 4.48. The zero-order valence-corrected chi connectivity index (χ0v) is 12.2. The SMILES string of the molecule is CCC(C)c1ccc(/C=C/CN2CCNCC2)cc1. The van der Waals surface area contributed by atoms with Gasteiger partial charge in [-0.3, -0.25) is 4.90 Å². The van der Waals surface area contributed by atoms with E-state index in [1.807, 2.05) is 0 Å². The predicted molar refractivity (Wildman–Crippen MR) is 83.5 cm³/mol. The second-order valence-corrected chi connectivity index (χ2v) is 5.43. The van der Waals surface area contributed by atoms with Crippen LogP contribution in [-0.4, -0.2) is 37.6 Å². The zero-order chi connectivity index (χ0) is 13.5. The maximum atomic E-state index is 3.38. The Kier molecular flexibility index (Phi) is 5.62. The quantitative estimate of drug-likeness (QED) is 0.873. The van der Waals surface area contributed by atoms with Crippen molar-refractivity contribution in [3.63, 3.8) is 0 Å². The van der Waals surface area contributed by atoms with E-state index in [0.29, 0.717) is 5.92 Å². The summed E-state index contributed by atoms with van der Waals surface area (Å²) in [7, 11) is 0. The molecule has 1 saturated heterocycles. The molecule has 0 aromatic heterocycles. The van der Waals surface area contributed by atoms with Crippen molar-refractivity contribution in [1.82, 2.24) is 10.2 Å². The first-order valence-electron chi connectivity index (χ1n) is 7.49. The molecule has 1 aromatic rings. The Balaban J connectivity index is 1.84. The molecule has 1 aromatic carbocycles. The molecule has 0 saturated carbocycles. The Hall–Kier alpha value is -1.12. The van der Waals surface area contributed by atoms with Crippen molar-refractivity contribution in [3.05, 3.63) is 41.5 Å². The van der Waals surface area contributed by atoms with E-state index in [1.54, 1.807) is 0 Å². The molecule has 1 aliphatic rings. The standard InChI is InChI=1S/C17H26N2/c1-3-15(2)17-8-6-16(7-9-17)5-4-12-19-13-10-18-11-14-19/h4-9,15,18H,3,10-14H2,1-2H3/b5-4+. The van der Waals surface area contributed by atoms with Crippen LogP contribution in [0.1, 0.15) is 37.3 Å². The highest BCUT2D eigenvalue weighted by molar-refractivity contribution is 5.50. The van der Waals surface area contributed by atoms with E-state index < -0.39 is 0 Å². The first-order valence-corrected chi connectivity index (χ1v) is 7.49. The molecule has 2 rings (SSSR count). The molecule has 0 bridgehead atoms. The Morgan fingerprint density at radius 3 is 2.53 bits per heavy atom. The van der Waals surface area contributed by atoms with Crippen LogP contribution in [0.3, 0.4) is 0 Å². The van der Waals surface area contributed by atoms with E-state index >= 15 is 0 Å². The van der Waals surface area contributed by atoms with Crippen LogP contribution in [0.25, 0.3) is 6.08 Å². The fourth-order valence-corrected chi connectivity index (χ4v) is 2.40. The molecule has 1 fully saturated rings. The Bertz CT molecular complexity index is 388. The molecule has 1 aliphatic heterocycles. The van der Waals surface area contributed by atoms with Crippen LogP contribution < -0.4 is 5.32 Å². The van der Waals surface area contributed by atoms with Crippen molar-refractivity contribution in [2.45, 2.75) is 26.2 Å². The minimum absolute atomic E-state index is 0.666. The Morgan fingerprint density at radius 1 is 1.21 bits per heavy atom. The normalized spacial score (nSPS) is 18.8. The van der Waals surface area contributed by atoms with Gasteiger partial charge in [-0.25, -0.2) is 0 Å². The third-order valence-electron chi connectivity index (χ3n) is 4.00. The van der Waals surface area contributed by atoms with Gasteiger partial charge in [0.15, 0.2) is 0 Å². The van der Waals surface area contributed by atoms with Gasteiger partial charge in [-0.15, -0.1) is 0 Å². The van der Waals surface area contributed by atoms with E-state index in [9.17, 15) is 0 Å². The van der Waals surface area contributed by atoms with Crippen LogP contribution >= 0.6 is 0 Å². The monoisotopic (exact) mass is 258 g/mol. The van der Waals surface area contributed by atoms with Gasteiger partial charge in [0.25, 0.3) is 0 Å². The lowest BCUT2D eigenvalue weighted by atomic mass is 9.97. The summed E-state index contributed by atoms with van der Waals surface area (Å²) in [6, 6.07) is 8.99. The van der Waals surface area contributed by atoms with Gasteiger partial charge in [-0.05, 0) is 23.5 Å². The average Bonchev–Trinajstić information content (AvgIpc) is 2.48. The van der Waals surface area contributed by atoms with Gasteiger partial charge in [0, 0.05) is 32.7 Å². The van der Waals surface area contributed by atoms with Gasteiger partial charge in [-0.1, -0.05) is 50.3 Å². The van der Waals surface area contributed by atoms with Crippen molar-refractivity contribution >= 4 is 6.08 Å². The van der Waals surface area contributed by atoms with Crippen molar-refractivity contribution in [2.24, 2.45) is 0 Å². The molecule has 1 heterocycles. The molecule has 2 nitrogen and oxygen atoms in total. The lowest BCUT2D eigenvalue weighted by Gasteiger charge is -2.25. The molecule has 0 amide bonds. The molecule has 0 radical (unpaired) electrons. The first-order chi connectivity index (χ1) is 9.29. The third-order valence-corrected chi connectivity index (χ3v) is 4.00. The molecule has 1 atom stereocenters. The van der Waals surface area contributed by atoms with Gasteiger partial charge in [0.2, 0.25) is 0 Å². The van der Waals surface area contributed by atoms with Crippen LogP contribution in [0.5, 0.6) is 0 Å². The highest BCUT2D eigenvalue weighted by Crippen LogP contribution is 2.19. The maximum Gasteiger partial charge on any atom is 0.0167 e. The molecule has 104 valence electrons. The Morgan fingerprint density at radius 2 is 1.89 bits per heavy atom. The van der Waals surface area contributed by atoms with E-state index in [2.05, 4.69) is 60.5 Å². The minimum Gasteiger partial charge on any atom is -0.314 e. The topological polar surface area (TPSA) is 15.3 Å². The summed E-state index contributed by atoms with van der Waals surface area (Å²) in [5.74, 6) is 0.666. The van der Waals surface area contributed by atoms with E-state index in [0.717, 1.165) is 32.7 Å². The number of hydrogen-bond donors (Lipinski definition) is 1. The molecular weight excluding hydrogens is 232 g/mol. The van der Waals surface area contributed by atoms with E-state index in [-0.39, 0.29) is 0 Å². The van der Waals surface area contributed by atoms with E-state index in [1.165, 1.54) is 17.5 Å². The molecule has 1 unspecified atom stereocenters. The van der Waals surface area contributed by atoms with Crippen molar-refractivity contribution < 1.29 is 0 Å². The maximum absolute atomic E-state index is 3.38. The highest BCUT2D eigenvalue weighted by atomic mass is 15.2. The number of benzene rings is 1. The van der Waals surface area contributed by atoms with Gasteiger partial charge in [0.05, 0.1) is 0 Å². The van der Waals surface area contributed by atoms with Crippen LogP contribution in [0.2, 0.25) is 0 Å². The van der Waals surface area contributed by atoms with Gasteiger partial charge >= 0.3 is 0 Å². The molecule has 2 heteroatoms. The lowest BCUT2D eigenvalue weighted by molar-refractivity contribution is 0.265. The van der Waals surface area contributed by atoms with Crippen molar-refractivity contribution in [1.29, 1.82) is 0 Å². The fraction of sp³-hybridized carbons (Fsp3) is 0.529. The summed E-state index contributed by atoms with van der Waals surface area (Å²) in [5.41, 5.74) is 2.75. The number of nitrogens with zero attached hydrogens (tertiary/aromatic N) is 1. The summed E-state index contributed by atoms with van der Waals surface area (Å²) in [4.78, 5) is 2.49. The zero-order valence-electron chi connectivity index (χ0n) is 12.2. The highest BCUT2D eigenvalue weighted by Gasteiger charge is 2.06. The summed E-state index contributed by atoms with van der Waals surface area (Å²) in [5, 5.41) is 3.38. The largest absolute Gasteiger partial charge is 0.314 e. The van der Waals surface area contributed by atoms with E-state index in [4.69, 9.17) is 0 Å². The summed E-state index contributed by atoms with van der Waals surface area (Å²) in [6.07, 6.45) is 5.73. The minimum atomic E-state index is 0.666. The summed E-state index contributed by atoms with van der Waals surface area (Å²) >= 11 is 0. The van der Waals surface area contributed by atoms with Crippen LogP contribution in [-0.2, 0) is 0 Å². The van der Waals surface area contributed by atoms with Crippen LogP contribution in [0, 0.1) is 0 Å². The number of nitrogens with one attached hydrogen (secondary N) is 1. The lowest BCUT2D eigenvalue weighted by Crippen LogP contribution is -2.43.